The molecule has 0 radical (unpaired) electrons. The van der Waals surface area contributed by atoms with Gasteiger partial charge in [-0.1, -0.05) is 60.1 Å². The third-order valence-corrected chi connectivity index (χ3v) is 20.5. The standard InChI is InChI=1S/C43H59NO6Si2/c1-42(2,3)51(7,8)49-33-19-21-36-38(27-33)47-29-31(45)26-37-35-20-18-34(50-52(9,10)43(4,5)6)28-39(35)48-41(40(36)37)30-14-16-32(17-15-30)46-25-24-44-22-12-11-13-23-44/h14-21,27-28,41H,11-13,22-26,29H2,1-10H3. The molecule has 1 atom stereocenters. The molecule has 0 saturated carbocycles. The average molecular weight is 742 g/mol. The quantitative estimate of drug-likeness (QED) is 0.202. The van der Waals surface area contributed by atoms with Gasteiger partial charge >= 0.3 is 0 Å². The van der Waals surface area contributed by atoms with Crippen molar-refractivity contribution < 1.29 is 27.9 Å². The zero-order chi connectivity index (χ0) is 37.5. The normalized spacial score (nSPS) is 18.6. The summed E-state index contributed by atoms with van der Waals surface area (Å²) < 4.78 is 32.9. The van der Waals surface area contributed by atoms with E-state index in [0.717, 1.165) is 70.5 Å². The molecule has 52 heavy (non-hydrogen) atoms. The molecule has 1 unspecified atom stereocenters. The molecule has 0 N–H and O–H groups in total. The van der Waals surface area contributed by atoms with Gasteiger partial charge in [-0.2, -0.15) is 0 Å². The summed E-state index contributed by atoms with van der Waals surface area (Å²) in [6.45, 7) is 26.3. The lowest BCUT2D eigenvalue weighted by Gasteiger charge is -2.38. The molecule has 0 aliphatic carbocycles. The van der Waals surface area contributed by atoms with Gasteiger partial charge < -0.3 is 23.1 Å². The predicted octanol–water partition coefficient (Wildman–Crippen LogP) is 10.7. The van der Waals surface area contributed by atoms with E-state index in [1.807, 2.05) is 36.4 Å². The predicted molar refractivity (Wildman–Crippen MR) is 216 cm³/mol. The van der Waals surface area contributed by atoms with Crippen LogP contribution in [0.5, 0.6) is 28.7 Å². The van der Waals surface area contributed by atoms with Crippen LogP contribution in [0.1, 0.15) is 90.0 Å². The van der Waals surface area contributed by atoms with Gasteiger partial charge in [0, 0.05) is 41.8 Å². The average Bonchev–Trinajstić information content (AvgIpc) is 3.06. The monoisotopic (exact) mass is 741 g/mol. The van der Waals surface area contributed by atoms with E-state index in [9.17, 15) is 4.79 Å². The zero-order valence-corrected chi connectivity index (χ0v) is 35.1. The fourth-order valence-corrected chi connectivity index (χ4v) is 8.60. The van der Waals surface area contributed by atoms with Gasteiger partial charge in [0.05, 0.1) is 0 Å². The second-order valence-electron chi connectivity index (χ2n) is 17.8. The van der Waals surface area contributed by atoms with E-state index in [1.54, 1.807) is 0 Å². The number of carbonyl (C=O) groups excluding carboxylic acids is 1. The summed E-state index contributed by atoms with van der Waals surface area (Å²) in [6, 6.07) is 20.4. The number of carbonyl (C=O) groups is 1. The van der Waals surface area contributed by atoms with Crippen LogP contribution < -0.4 is 23.1 Å². The van der Waals surface area contributed by atoms with Crippen molar-refractivity contribution in [3.63, 3.8) is 0 Å². The van der Waals surface area contributed by atoms with Gasteiger partial charge in [0.2, 0.25) is 16.6 Å². The summed E-state index contributed by atoms with van der Waals surface area (Å²) in [7, 11) is -4.23. The van der Waals surface area contributed by atoms with Gasteiger partial charge in [-0.05, 0) is 110 Å². The molecule has 280 valence electrons. The molecule has 0 aromatic heterocycles. The van der Waals surface area contributed by atoms with Crippen molar-refractivity contribution >= 4 is 33.6 Å². The highest BCUT2D eigenvalue weighted by Crippen LogP contribution is 2.52. The van der Waals surface area contributed by atoms with E-state index in [-0.39, 0.29) is 28.9 Å². The summed E-state index contributed by atoms with van der Waals surface area (Å²) >= 11 is 0. The Labute approximate surface area is 313 Å². The van der Waals surface area contributed by atoms with Crippen molar-refractivity contribution in [2.45, 2.75) is 110 Å². The van der Waals surface area contributed by atoms with E-state index in [1.165, 1.54) is 19.3 Å². The number of nitrogens with zero attached hydrogens (tertiary/aromatic N) is 1. The molecular formula is C43H59NO6Si2. The van der Waals surface area contributed by atoms with E-state index in [2.05, 4.69) is 96.9 Å². The first kappa shape index (κ1) is 38.2. The Balaban J connectivity index is 1.40. The molecular weight excluding hydrogens is 683 g/mol. The minimum atomic E-state index is -2.12. The number of Topliss-reactive ketones (excluding diaryl/α,β-unsaturated/α-hetero) is 1. The summed E-state index contributed by atoms with van der Waals surface area (Å²) in [5.74, 6) is 3.74. The van der Waals surface area contributed by atoms with Crippen LogP contribution in [0.25, 0.3) is 11.1 Å². The first-order valence-corrected chi connectivity index (χ1v) is 24.9. The number of rotatable bonds is 9. The van der Waals surface area contributed by atoms with Crippen molar-refractivity contribution in [3.05, 3.63) is 77.4 Å². The lowest BCUT2D eigenvalue weighted by molar-refractivity contribution is -0.120. The molecule has 3 aliphatic heterocycles. The topological polar surface area (TPSA) is 66.5 Å². The highest BCUT2D eigenvalue weighted by Gasteiger charge is 2.41. The number of hydrogen-bond acceptors (Lipinski definition) is 7. The van der Waals surface area contributed by atoms with Gasteiger partial charge in [-0.3, -0.25) is 9.69 Å². The second kappa shape index (κ2) is 14.7. The molecule has 3 heterocycles. The zero-order valence-electron chi connectivity index (χ0n) is 33.1. The Morgan fingerprint density at radius 1 is 0.731 bits per heavy atom. The number of ketones is 1. The maximum Gasteiger partial charge on any atom is 0.250 e. The van der Waals surface area contributed by atoms with Crippen molar-refractivity contribution in [1.82, 2.24) is 4.90 Å². The maximum atomic E-state index is 13.6. The molecule has 6 rings (SSSR count). The minimum Gasteiger partial charge on any atom is -0.543 e. The largest absolute Gasteiger partial charge is 0.543 e. The Morgan fingerprint density at radius 3 is 1.88 bits per heavy atom. The lowest BCUT2D eigenvalue weighted by atomic mass is 9.82. The highest BCUT2D eigenvalue weighted by atomic mass is 28.4. The van der Waals surface area contributed by atoms with Crippen LogP contribution in [0.4, 0.5) is 0 Å². The van der Waals surface area contributed by atoms with Crippen molar-refractivity contribution in [3.8, 4) is 28.7 Å². The second-order valence-corrected chi connectivity index (χ2v) is 27.2. The van der Waals surface area contributed by atoms with Gasteiger partial charge in [-0.15, -0.1) is 0 Å². The Kier molecular flexibility index (Phi) is 10.8. The summed E-state index contributed by atoms with van der Waals surface area (Å²) in [6.07, 6.45) is 3.61. The molecule has 1 saturated heterocycles. The number of fused-ring (bicyclic) bond motifs is 4. The van der Waals surface area contributed by atoms with Crippen LogP contribution in [0, 0.1) is 0 Å². The number of likely N-dealkylation sites (tertiary alicyclic amines) is 1. The molecule has 9 heteroatoms. The number of allylic oxidation sites excluding steroid dienone is 1. The molecule has 0 bridgehead atoms. The number of benzene rings is 3. The Hall–Kier alpha value is -3.54. The number of piperidine rings is 1. The SMILES string of the molecule is CC(C)(C)[Si](C)(C)Oc1ccc2c(c1)OC(c1ccc(OCCN3CCCCC3)cc1)C1=C2CC(=O)COc2cc(O[Si](C)(C)C(C)(C)C)ccc21. The summed E-state index contributed by atoms with van der Waals surface area (Å²) in [4.78, 5) is 16.0. The van der Waals surface area contributed by atoms with Crippen LogP contribution in [-0.4, -0.2) is 60.2 Å². The van der Waals surface area contributed by atoms with E-state index in [0.29, 0.717) is 12.4 Å². The Morgan fingerprint density at radius 2 is 1.29 bits per heavy atom. The fourth-order valence-electron chi connectivity index (χ4n) is 6.56. The maximum absolute atomic E-state index is 13.6. The van der Waals surface area contributed by atoms with Crippen LogP contribution in [-0.2, 0) is 4.79 Å². The summed E-state index contributed by atoms with van der Waals surface area (Å²) in [5, 5.41) is 0.0782. The first-order chi connectivity index (χ1) is 24.4. The molecule has 3 aromatic rings. The Bertz CT molecular complexity index is 1800. The smallest absolute Gasteiger partial charge is 0.250 e. The lowest BCUT2D eigenvalue weighted by Crippen LogP contribution is -2.43. The third-order valence-electron chi connectivity index (χ3n) is 11.8. The van der Waals surface area contributed by atoms with Crippen molar-refractivity contribution in [2.75, 3.05) is 32.8 Å². The first-order valence-electron chi connectivity index (χ1n) is 19.1. The van der Waals surface area contributed by atoms with Crippen molar-refractivity contribution in [1.29, 1.82) is 0 Å². The highest BCUT2D eigenvalue weighted by molar-refractivity contribution is 6.75. The summed E-state index contributed by atoms with van der Waals surface area (Å²) in [5.41, 5.74) is 4.68. The molecule has 3 aliphatic rings. The molecule has 3 aromatic carbocycles. The van der Waals surface area contributed by atoms with Gasteiger partial charge in [-0.25, -0.2) is 0 Å². The van der Waals surface area contributed by atoms with Crippen LogP contribution in [0.3, 0.4) is 0 Å². The number of hydrogen-bond donors (Lipinski definition) is 0. The van der Waals surface area contributed by atoms with Gasteiger partial charge in [0.1, 0.15) is 48.1 Å². The van der Waals surface area contributed by atoms with E-state index < -0.39 is 22.7 Å². The fraction of sp³-hybridized carbons (Fsp3) is 0.512. The minimum absolute atomic E-state index is 0.00971. The van der Waals surface area contributed by atoms with Crippen LogP contribution in [0.15, 0.2) is 60.7 Å². The van der Waals surface area contributed by atoms with Crippen LogP contribution in [0.2, 0.25) is 36.3 Å². The number of ether oxygens (including phenoxy) is 3. The molecule has 1 fully saturated rings. The third kappa shape index (κ3) is 8.32. The van der Waals surface area contributed by atoms with Crippen LogP contribution >= 0.6 is 0 Å². The van der Waals surface area contributed by atoms with Crippen molar-refractivity contribution in [2.24, 2.45) is 0 Å². The van der Waals surface area contributed by atoms with E-state index in [4.69, 9.17) is 23.1 Å². The molecule has 0 amide bonds. The molecule has 7 nitrogen and oxygen atoms in total. The van der Waals surface area contributed by atoms with E-state index >= 15 is 0 Å². The van der Waals surface area contributed by atoms with Gasteiger partial charge in [0.15, 0.2) is 5.78 Å². The molecule has 0 spiro atoms. The van der Waals surface area contributed by atoms with Gasteiger partial charge in [0.25, 0.3) is 0 Å².